The quantitative estimate of drug-likeness (QED) is 0.850. The molecule has 0 radical (unpaired) electrons. The molecule has 0 unspecified atom stereocenters. The largest absolute Gasteiger partial charge is 0.462 e. The third-order valence-electron chi connectivity index (χ3n) is 2.57. The monoisotopic (exact) mass is 289 g/mol. The van der Waals surface area contributed by atoms with E-state index < -0.39 is 29.0 Å². The Labute approximate surface area is 110 Å². The van der Waals surface area contributed by atoms with E-state index in [1.54, 1.807) is 6.92 Å². The van der Waals surface area contributed by atoms with Gasteiger partial charge < -0.3 is 4.74 Å². The molecule has 0 aromatic carbocycles. The molecule has 0 saturated carbocycles. The van der Waals surface area contributed by atoms with E-state index in [0.717, 1.165) is 4.52 Å². The number of rotatable bonds is 2. The molecule has 0 aliphatic heterocycles. The standard InChI is InChI=1S/C11H10F3N3O3/c1-3-20-10(19)8-5(2)16-17-7(18)4-6(11(12,13)14)15-9(8)17/h4,16H,3H2,1-2H3. The Balaban J connectivity index is 2.76. The van der Waals surface area contributed by atoms with Crippen molar-refractivity contribution in [2.75, 3.05) is 6.61 Å². The average molecular weight is 289 g/mol. The first-order chi connectivity index (χ1) is 9.25. The van der Waals surface area contributed by atoms with Gasteiger partial charge in [-0.1, -0.05) is 0 Å². The van der Waals surface area contributed by atoms with Gasteiger partial charge >= 0.3 is 12.1 Å². The number of esters is 1. The molecule has 6 nitrogen and oxygen atoms in total. The molecular weight excluding hydrogens is 279 g/mol. The van der Waals surface area contributed by atoms with Crippen LogP contribution in [0.4, 0.5) is 13.2 Å². The van der Waals surface area contributed by atoms with Gasteiger partial charge in [0.15, 0.2) is 11.3 Å². The molecule has 2 rings (SSSR count). The molecular formula is C11H10F3N3O3. The highest BCUT2D eigenvalue weighted by Crippen LogP contribution is 2.27. The molecule has 2 heterocycles. The second-order valence-electron chi connectivity index (χ2n) is 3.97. The van der Waals surface area contributed by atoms with Crippen LogP contribution >= 0.6 is 0 Å². The van der Waals surface area contributed by atoms with Crippen molar-refractivity contribution in [3.05, 3.63) is 33.4 Å². The van der Waals surface area contributed by atoms with Gasteiger partial charge in [-0.15, -0.1) is 0 Å². The highest BCUT2D eigenvalue weighted by Gasteiger charge is 2.34. The van der Waals surface area contributed by atoms with Crippen LogP contribution < -0.4 is 5.56 Å². The topological polar surface area (TPSA) is 76.5 Å². The van der Waals surface area contributed by atoms with E-state index in [0.29, 0.717) is 6.07 Å². The molecule has 0 atom stereocenters. The number of hydrogen-bond acceptors (Lipinski definition) is 4. The van der Waals surface area contributed by atoms with Crippen molar-refractivity contribution in [3.8, 4) is 0 Å². The molecule has 2 aromatic rings. The summed E-state index contributed by atoms with van der Waals surface area (Å²) in [7, 11) is 0. The summed E-state index contributed by atoms with van der Waals surface area (Å²) in [6.45, 7) is 3.05. The van der Waals surface area contributed by atoms with Crippen molar-refractivity contribution >= 4 is 11.6 Å². The molecule has 0 spiro atoms. The molecule has 1 N–H and O–H groups in total. The molecule has 0 amide bonds. The van der Waals surface area contributed by atoms with Gasteiger partial charge in [0.2, 0.25) is 0 Å². The number of alkyl halides is 3. The van der Waals surface area contributed by atoms with Gasteiger partial charge in [0.1, 0.15) is 5.56 Å². The van der Waals surface area contributed by atoms with E-state index in [1.165, 1.54) is 6.92 Å². The summed E-state index contributed by atoms with van der Waals surface area (Å²) in [6, 6.07) is 0.359. The number of ether oxygens (including phenoxy) is 1. The van der Waals surface area contributed by atoms with Crippen LogP contribution in [0, 0.1) is 6.92 Å². The van der Waals surface area contributed by atoms with E-state index in [2.05, 4.69) is 10.1 Å². The smallest absolute Gasteiger partial charge is 0.433 e. The number of hydrogen-bond donors (Lipinski definition) is 1. The molecule has 108 valence electrons. The first kappa shape index (κ1) is 14.1. The molecule has 9 heteroatoms. The number of aryl methyl sites for hydroxylation is 1. The minimum atomic E-state index is -4.77. The molecule has 0 bridgehead atoms. The zero-order valence-corrected chi connectivity index (χ0v) is 10.5. The predicted molar refractivity (Wildman–Crippen MR) is 61.5 cm³/mol. The number of nitrogens with one attached hydrogen (secondary N) is 1. The van der Waals surface area contributed by atoms with E-state index in [9.17, 15) is 22.8 Å². The van der Waals surface area contributed by atoms with Crippen LogP contribution in [0.3, 0.4) is 0 Å². The van der Waals surface area contributed by atoms with Crippen molar-refractivity contribution in [1.29, 1.82) is 0 Å². The van der Waals surface area contributed by atoms with Crippen LogP contribution in [0.15, 0.2) is 10.9 Å². The number of aromatic nitrogens is 3. The fourth-order valence-corrected chi connectivity index (χ4v) is 1.74. The second-order valence-corrected chi connectivity index (χ2v) is 3.97. The predicted octanol–water partition coefficient (Wildman–Crippen LogP) is 1.53. The van der Waals surface area contributed by atoms with Crippen molar-refractivity contribution in [1.82, 2.24) is 14.6 Å². The van der Waals surface area contributed by atoms with Crippen LogP contribution in [0.2, 0.25) is 0 Å². The minimum absolute atomic E-state index is 0.0544. The van der Waals surface area contributed by atoms with Gasteiger partial charge in [0.05, 0.1) is 6.61 Å². The van der Waals surface area contributed by atoms with E-state index in [1.807, 2.05) is 0 Å². The number of aromatic amines is 1. The maximum absolute atomic E-state index is 12.6. The summed E-state index contributed by atoms with van der Waals surface area (Å²) in [5.41, 5.74) is -2.70. The number of nitrogens with zero attached hydrogens (tertiary/aromatic N) is 2. The van der Waals surface area contributed by atoms with Crippen LogP contribution in [0.1, 0.15) is 28.7 Å². The first-order valence-corrected chi connectivity index (χ1v) is 5.62. The SMILES string of the molecule is CCOC(=O)c1c(C)[nH]n2c(=O)cc(C(F)(F)F)nc12. The number of carbonyl (C=O) groups is 1. The highest BCUT2D eigenvalue weighted by atomic mass is 19.4. The third kappa shape index (κ3) is 2.26. The fourth-order valence-electron chi connectivity index (χ4n) is 1.74. The average Bonchev–Trinajstić information content (AvgIpc) is 2.65. The zero-order valence-electron chi connectivity index (χ0n) is 10.5. The van der Waals surface area contributed by atoms with Crippen LogP contribution in [0.25, 0.3) is 5.65 Å². The Morgan fingerprint density at radius 2 is 2.15 bits per heavy atom. The Bertz CT molecular complexity index is 730. The molecule has 20 heavy (non-hydrogen) atoms. The lowest BCUT2D eigenvalue weighted by Crippen LogP contribution is -2.20. The Morgan fingerprint density at radius 3 is 2.70 bits per heavy atom. The van der Waals surface area contributed by atoms with E-state index in [4.69, 9.17) is 4.74 Å². The lowest BCUT2D eigenvalue weighted by molar-refractivity contribution is -0.141. The number of halogens is 3. The number of H-pyrrole nitrogens is 1. The van der Waals surface area contributed by atoms with Gasteiger partial charge in [-0.2, -0.15) is 13.2 Å². The minimum Gasteiger partial charge on any atom is -0.462 e. The summed E-state index contributed by atoms with van der Waals surface area (Å²) < 4.78 is 43.5. The normalized spacial score (nSPS) is 11.8. The van der Waals surface area contributed by atoms with Gasteiger partial charge in [0.25, 0.3) is 5.56 Å². The molecule has 0 aliphatic rings. The zero-order chi connectivity index (χ0) is 15.1. The molecule has 0 fully saturated rings. The maximum atomic E-state index is 12.6. The molecule has 0 saturated heterocycles. The van der Waals surface area contributed by atoms with Crippen LogP contribution in [-0.2, 0) is 10.9 Å². The van der Waals surface area contributed by atoms with E-state index in [-0.39, 0.29) is 17.9 Å². The van der Waals surface area contributed by atoms with Crippen molar-refractivity contribution in [2.24, 2.45) is 0 Å². The van der Waals surface area contributed by atoms with Crippen LogP contribution in [-0.4, -0.2) is 27.2 Å². The van der Waals surface area contributed by atoms with Crippen molar-refractivity contribution in [2.45, 2.75) is 20.0 Å². The summed E-state index contributed by atoms with van der Waals surface area (Å²) in [5, 5.41) is 2.49. The number of carbonyl (C=O) groups excluding carboxylic acids is 1. The van der Waals surface area contributed by atoms with Crippen molar-refractivity contribution < 1.29 is 22.7 Å². The molecule has 2 aromatic heterocycles. The summed E-state index contributed by atoms with van der Waals surface area (Å²) in [5.74, 6) is -0.838. The number of fused-ring (bicyclic) bond motifs is 1. The third-order valence-corrected chi connectivity index (χ3v) is 2.57. The highest BCUT2D eigenvalue weighted by molar-refractivity contribution is 5.97. The fraction of sp³-hybridized carbons (Fsp3) is 0.364. The van der Waals surface area contributed by atoms with Crippen LogP contribution in [0.5, 0.6) is 0 Å². The van der Waals surface area contributed by atoms with Crippen molar-refractivity contribution in [3.63, 3.8) is 0 Å². The summed E-state index contributed by atoms with van der Waals surface area (Å²) >= 11 is 0. The van der Waals surface area contributed by atoms with Gasteiger partial charge in [-0.05, 0) is 13.8 Å². The van der Waals surface area contributed by atoms with E-state index >= 15 is 0 Å². The Morgan fingerprint density at radius 1 is 1.50 bits per heavy atom. The Kier molecular flexibility index (Phi) is 3.28. The summed E-state index contributed by atoms with van der Waals surface area (Å²) in [4.78, 5) is 26.7. The molecule has 0 aliphatic carbocycles. The lowest BCUT2D eigenvalue weighted by atomic mass is 10.2. The second kappa shape index (κ2) is 4.66. The maximum Gasteiger partial charge on any atom is 0.433 e. The lowest BCUT2D eigenvalue weighted by Gasteiger charge is -2.05. The summed E-state index contributed by atoms with van der Waals surface area (Å²) in [6.07, 6.45) is -4.77. The van der Waals surface area contributed by atoms with Gasteiger partial charge in [0, 0.05) is 11.8 Å². The Hall–Kier alpha value is -2.32. The first-order valence-electron chi connectivity index (χ1n) is 5.62. The van der Waals surface area contributed by atoms with Gasteiger partial charge in [-0.25, -0.2) is 14.3 Å². The van der Waals surface area contributed by atoms with Gasteiger partial charge in [-0.3, -0.25) is 9.89 Å².